The smallest absolute Gasteiger partial charge is 0.376 e. The number of anilines is 2. The molecule has 0 unspecified atom stereocenters. The van der Waals surface area contributed by atoms with Gasteiger partial charge in [0.15, 0.2) is 5.11 Å². The number of benzene rings is 1. The van der Waals surface area contributed by atoms with Crippen molar-refractivity contribution in [2.75, 3.05) is 11.4 Å². The molecule has 0 atom stereocenters. The van der Waals surface area contributed by atoms with Crippen molar-refractivity contribution in [2.24, 2.45) is 16.6 Å². The molecular formula is C13H17N7O4S2. The summed E-state index contributed by atoms with van der Waals surface area (Å²) in [5.41, 5.74) is 11.6. The van der Waals surface area contributed by atoms with E-state index in [1.54, 1.807) is 6.92 Å². The van der Waals surface area contributed by atoms with Gasteiger partial charge in [0.2, 0.25) is 21.7 Å². The molecule has 0 aliphatic carbocycles. The van der Waals surface area contributed by atoms with Gasteiger partial charge < -0.3 is 21.6 Å². The number of thiocarbonyl (C=S) groups is 1. The Bertz CT molecular complexity index is 971. The van der Waals surface area contributed by atoms with Gasteiger partial charge in [0, 0.05) is 20.0 Å². The Kier molecular flexibility index (Phi) is 5.56. The molecule has 140 valence electrons. The highest BCUT2D eigenvalue weighted by molar-refractivity contribution is 7.89. The first kappa shape index (κ1) is 19.7. The SMILES string of the molecule is Cc1nc([N+](=O)[O-])c(N(C(N)=S)c2cccc(S(N)(=O)=O)c2)n1CCN. The number of hydrogen-bond acceptors (Lipinski definition) is 7. The fourth-order valence-corrected chi connectivity index (χ4v) is 3.18. The van der Waals surface area contributed by atoms with E-state index in [1.807, 2.05) is 0 Å². The number of primary sulfonamides is 1. The van der Waals surface area contributed by atoms with Gasteiger partial charge in [-0.25, -0.2) is 13.6 Å². The number of aryl methyl sites for hydroxylation is 1. The van der Waals surface area contributed by atoms with Gasteiger partial charge in [-0.2, -0.15) is 0 Å². The zero-order valence-electron chi connectivity index (χ0n) is 13.7. The number of nitrogens with two attached hydrogens (primary N) is 3. The number of sulfonamides is 1. The van der Waals surface area contributed by atoms with Crippen LogP contribution in [-0.2, 0) is 16.6 Å². The highest BCUT2D eigenvalue weighted by Gasteiger charge is 2.32. The van der Waals surface area contributed by atoms with Crippen LogP contribution in [0.25, 0.3) is 0 Å². The van der Waals surface area contributed by atoms with Crippen molar-refractivity contribution in [2.45, 2.75) is 18.4 Å². The molecule has 11 nitrogen and oxygen atoms in total. The van der Waals surface area contributed by atoms with Gasteiger partial charge in [0.25, 0.3) is 0 Å². The third-order valence-corrected chi connectivity index (χ3v) is 4.57. The van der Waals surface area contributed by atoms with E-state index in [1.165, 1.54) is 28.8 Å². The summed E-state index contributed by atoms with van der Waals surface area (Å²) in [6.07, 6.45) is 0. The van der Waals surface area contributed by atoms with Crippen LogP contribution >= 0.6 is 12.2 Å². The predicted molar refractivity (Wildman–Crippen MR) is 99.4 cm³/mol. The summed E-state index contributed by atoms with van der Waals surface area (Å²) >= 11 is 5.04. The largest absolute Gasteiger partial charge is 0.407 e. The first-order valence-electron chi connectivity index (χ1n) is 7.22. The molecule has 0 saturated carbocycles. The van der Waals surface area contributed by atoms with Gasteiger partial charge >= 0.3 is 5.82 Å². The Morgan fingerprint density at radius 1 is 1.46 bits per heavy atom. The average molecular weight is 399 g/mol. The van der Waals surface area contributed by atoms with E-state index >= 15 is 0 Å². The summed E-state index contributed by atoms with van der Waals surface area (Å²) in [4.78, 5) is 15.7. The topological polar surface area (TPSA) is 176 Å². The summed E-state index contributed by atoms with van der Waals surface area (Å²) in [5.74, 6) is -0.164. The van der Waals surface area contributed by atoms with Crippen LogP contribution in [-0.4, -0.2) is 34.5 Å². The van der Waals surface area contributed by atoms with E-state index < -0.39 is 20.8 Å². The van der Waals surface area contributed by atoms with Crippen molar-refractivity contribution in [1.29, 1.82) is 0 Å². The van der Waals surface area contributed by atoms with Crippen molar-refractivity contribution in [3.8, 4) is 0 Å². The van der Waals surface area contributed by atoms with Crippen LogP contribution in [0.4, 0.5) is 17.3 Å². The molecule has 13 heteroatoms. The van der Waals surface area contributed by atoms with E-state index in [-0.39, 0.29) is 34.6 Å². The van der Waals surface area contributed by atoms with Gasteiger partial charge in [-0.15, -0.1) is 0 Å². The monoisotopic (exact) mass is 399 g/mol. The lowest BCUT2D eigenvalue weighted by Crippen LogP contribution is -2.34. The minimum Gasteiger partial charge on any atom is -0.376 e. The summed E-state index contributed by atoms with van der Waals surface area (Å²) in [6.45, 7) is 1.98. The molecule has 0 aliphatic rings. The van der Waals surface area contributed by atoms with Gasteiger partial charge in [-0.1, -0.05) is 6.07 Å². The molecule has 6 N–H and O–H groups in total. The number of nitro groups is 1. The van der Waals surface area contributed by atoms with Crippen LogP contribution < -0.4 is 21.5 Å². The van der Waals surface area contributed by atoms with Crippen molar-refractivity contribution >= 4 is 44.7 Å². The molecule has 0 fully saturated rings. The minimum atomic E-state index is -4.00. The Morgan fingerprint density at radius 3 is 2.62 bits per heavy atom. The lowest BCUT2D eigenvalue weighted by molar-refractivity contribution is -0.388. The third kappa shape index (κ3) is 3.80. The van der Waals surface area contributed by atoms with E-state index in [9.17, 15) is 18.5 Å². The maximum absolute atomic E-state index is 11.6. The molecule has 1 aromatic heterocycles. The maximum Gasteiger partial charge on any atom is 0.407 e. The lowest BCUT2D eigenvalue weighted by Gasteiger charge is -2.23. The average Bonchev–Trinajstić information content (AvgIpc) is 2.85. The van der Waals surface area contributed by atoms with E-state index in [0.717, 1.165) is 4.90 Å². The van der Waals surface area contributed by atoms with Crippen molar-refractivity contribution in [3.05, 3.63) is 40.2 Å². The van der Waals surface area contributed by atoms with Crippen LogP contribution in [0.2, 0.25) is 0 Å². The normalized spacial score (nSPS) is 11.3. The predicted octanol–water partition coefficient (Wildman–Crippen LogP) is 0.0875. The molecule has 1 heterocycles. The molecule has 1 aromatic carbocycles. The lowest BCUT2D eigenvalue weighted by atomic mass is 10.3. The van der Waals surface area contributed by atoms with Crippen LogP contribution in [0.3, 0.4) is 0 Å². The molecule has 0 radical (unpaired) electrons. The number of hydrogen-bond donors (Lipinski definition) is 3. The fourth-order valence-electron chi connectivity index (χ4n) is 2.43. The molecular weight excluding hydrogens is 382 g/mol. The Labute approximate surface area is 154 Å². The zero-order chi connectivity index (χ0) is 19.6. The highest BCUT2D eigenvalue weighted by atomic mass is 32.2. The van der Waals surface area contributed by atoms with Gasteiger partial charge in [-0.3, -0.25) is 9.47 Å². The molecule has 0 amide bonds. The number of imidazole rings is 1. The van der Waals surface area contributed by atoms with Gasteiger partial charge in [0.05, 0.1) is 10.6 Å². The molecule has 0 bridgehead atoms. The van der Waals surface area contributed by atoms with E-state index in [4.69, 9.17) is 28.8 Å². The number of aromatic nitrogens is 2. The number of nitrogens with zero attached hydrogens (tertiary/aromatic N) is 4. The quantitative estimate of drug-likeness (QED) is 0.345. The molecule has 2 aromatic rings. The van der Waals surface area contributed by atoms with Crippen LogP contribution in [0.15, 0.2) is 29.2 Å². The standard InChI is InChI=1S/C13H17N7O4S2/c1-8-17-11(20(21)22)12(18(8)6-5-14)19(13(15)25)9-3-2-4-10(7-9)26(16,23)24/h2-4,7H,5-6,14H2,1H3,(H2,15,25)(H2,16,23,24). The Morgan fingerprint density at radius 2 is 2.12 bits per heavy atom. The molecule has 2 rings (SSSR count). The van der Waals surface area contributed by atoms with Crippen molar-refractivity contribution in [3.63, 3.8) is 0 Å². The molecule has 26 heavy (non-hydrogen) atoms. The summed E-state index contributed by atoms with van der Waals surface area (Å²) in [7, 11) is -4.00. The van der Waals surface area contributed by atoms with Crippen LogP contribution in [0.1, 0.15) is 5.82 Å². The van der Waals surface area contributed by atoms with Crippen molar-refractivity contribution in [1.82, 2.24) is 9.55 Å². The summed E-state index contributed by atoms with van der Waals surface area (Å²) in [6, 6.07) is 5.41. The molecule has 0 aliphatic heterocycles. The Balaban J connectivity index is 2.77. The van der Waals surface area contributed by atoms with E-state index in [2.05, 4.69) is 4.98 Å². The number of rotatable bonds is 6. The second-order valence-electron chi connectivity index (χ2n) is 5.22. The first-order chi connectivity index (χ1) is 12.1. The fraction of sp³-hybridized carbons (Fsp3) is 0.231. The van der Waals surface area contributed by atoms with Crippen LogP contribution in [0.5, 0.6) is 0 Å². The second-order valence-corrected chi connectivity index (χ2v) is 7.20. The first-order valence-corrected chi connectivity index (χ1v) is 9.17. The highest BCUT2D eigenvalue weighted by Crippen LogP contribution is 2.35. The summed E-state index contributed by atoms with van der Waals surface area (Å²) < 4.78 is 24.7. The maximum atomic E-state index is 11.6. The molecule has 0 saturated heterocycles. The summed E-state index contributed by atoms with van der Waals surface area (Å²) in [5, 5.41) is 16.4. The second kappa shape index (κ2) is 7.33. The van der Waals surface area contributed by atoms with Crippen molar-refractivity contribution < 1.29 is 13.3 Å². The van der Waals surface area contributed by atoms with E-state index in [0.29, 0.717) is 5.82 Å². The Hall–Kier alpha value is -2.61. The van der Waals surface area contributed by atoms with Crippen LogP contribution in [0, 0.1) is 17.0 Å². The minimum absolute atomic E-state index is 0.0166. The third-order valence-electron chi connectivity index (χ3n) is 3.48. The zero-order valence-corrected chi connectivity index (χ0v) is 15.3. The van der Waals surface area contributed by atoms with Gasteiger partial charge in [0.1, 0.15) is 0 Å². The molecule has 0 spiro atoms. The van der Waals surface area contributed by atoms with Gasteiger partial charge in [-0.05, 0) is 40.3 Å².